The average Bonchev–Trinajstić information content (AvgIpc) is 2.75. The normalized spacial score (nSPS) is 11.4. The summed E-state index contributed by atoms with van der Waals surface area (Å²) in [6, 6.07) is 17.8. The van der Waals surface area contributed by atoms with E-state index in [-0.39, 0.29) is 23.0 Å². The molecule has 3 rings (SSSR count). The van der Waals surface area contributed by atoms with Gasteiger partial charge in [-0.2, -0.15) is 0 Å². The third-order valence-electron chi connectivity index (χ3n) is 4.23. The molecule has 0 radical (unpaired) electrons. The van der Waals surface area contributed by atoms with Crippen molar-refractivity contribution in [3.63, 3.8) is 0 Å². The van der Waals surface area contributed by atoms with Gasteiger partial charge in [-0.1, -0.05) is 6.07 Å². The first kappa shape index (κ1) is 22.0. The molecule has 31 heavy (non-hydrogen) atoms. The Bertz CT molecular complexity index is 1100. The molecule has 0 aliphatic heterocycles. The van der Waals surface area contributed by atoms with Crippen molar-refractivity contribution in [2.45, 2.75) is 17.1 Å². The van der Waals surface area contributed by atoms with Crippen LogP contribution in [0.3, 0.4) is 0 Å². The number of anilines is 2. The fourth-order valence-electron chi connectivity index (χ4n) is 2.62. The monoisotopic (exact) mass is 439 g/mol. The summed E-state index contributed by atoms with van der Waals surface area (Å²) in [4.78, 5) is 35.7. The number of non-ortho nitro benzene ring substituents is 1. The number of nitrogens with one attached hydrogen (secondary N) is 2. The van der Waals surface area contributed by atoms with Crippen LogP contribution in [-0.2, 0) is 4.79 Å². The zero-order valence-electron chi connectivity index (χ0n) is 16.4. The van der Waals surface area contributed by atoms with Crippen molar-refractivity contribution in [2.24, 2.45) is 0 Å². The first-order chi connectivity index (χ1) is 14.8. The number of nitrogens with zero attached hydrogens (tertiary/aromatic N) is 1. The van der Waals surface area contributed by atoms with Crippen molar-refractivity contribution in [3.8, 4) is 0 Å². The molecule has 3 aromatic carbocycles. The predicted molar refractivity (Wildman–Crippen MR) is 118 cm³/mol. The maximum absolute atomic E-state index is 13.0. The van der Waals surface area contributed by atoms with Crippen LogP contribution in [0.1, 0.15) is 17.3 Å². The number of benzene rings is 3. The summed E-state index contributed by atoms with van der Waals surface area (Å²) in [6.45, 7) is 1.74. The van der Waals surface area contributed by atoms with Crippen LogP contribution in [0.25, 0.3) is 0 Å². The molecule has 0 saturated carbocycles. The van der Waals surface area contributed by atoms with Crippen LogP contribution in [0, 0.1) is 15.9 Å². The number of halogens is 1. The Morgan fingerprint density at radius 2 is 1.65 bits per heavy atom. The van der Waals surface area contributed by atoms with Crippen molar-refractivity contribution in [1.29, 1.82) is 0 Å². The van der Waals surface area contributed by atoms with Gasteiger partial charge in [-0.15, -0.1) is 11.8 Å². The van der Waals surface area contributed by atoms with Gasteiger partial charge < -0.3 is 10.6 Å². The second kappa shape index (κ2) is 9.86. The fourth-order valence-corrected chi connectivity index (χ4v) is 3.55. The molecule has 0 saturated heterocycles. The van der Waals surface area contributed by atoms with Gasteiger partial charge in [0.2, 0.25) is 5.91 Å². The van der Waals surface area contributed by atoms with Gasteiger partial charge >= 0.3 is 0 Å². The lowest BCUT2D eigenvalue weighted by Gasteiger charge is -2.13. The van der Waals surface area contributed by atoms with E-state index >= 15 is 0 Å². The summed E-state index contributed by atoms with van der Waals surface area (Å²) in [5, 5.41) is 15.7. The number of hydrogen-bond acceptors (Lipinski definition) is 5. The number of hydrogen-bond donors (Lipinski definition) is 2. The molecule has 158 valence electrons. The summed E-state index contributed by atoms with van der Waals surface area (Å²) in [5.41, 5.74) is 1.22. The molecular formula is C22H18FN3O4S. The molecule has 9 heteroatoms. The van der Waals surface area contributed by atoms with Gasteiger partial charge in [-0.25, -0.2) is 4.39 Å². The molecule has 0 aromatic heterocycles. The van der Waals surface area contributed by atoms with Gasteiger partial charge in [0.25, 0.3) is 11.6 Å². The van der Waals surface area contributed by atoms with E-state index in [9.17, 15) is 24.1 Å². The Labute approximate surface area is 181 Å². The molecule has 0 fully saturated rings. The van der Waals surface area contributed by atoms with Crippen LogP contribution in [0.15, 0.2) is 77.7 Å². The van der Waals surface area contributed by atoms with E-state index in [1.54, 1.807) is 25.1 Å². The minimum atomic E-state index is -0.532. The number of amides is 2. The highest BCUT2D eigenvalue weighted by Crippen LogP contribution is 2.27. The molecule has 0 bridgehead atoms. The third-order valence-corrected chi connectivity index (χ3v) is 5.32. The minimum absolute atomic E-state index is 0.0946. The third kappa shape index (κ3) is 6.13. The molecular weight excluding hydrogens is 421 g/mol. The first-order valence-electron chi connectivity index (χ1n) is 9.21. The SMILES string of the molecule is CC(Sc1cccc(NC(=O)c2ccc([N+](=O)[O-])cc2)c1)C(=O)Nc1ccc(F)cc1. The number of carbonyl (C=O) groups excluding carboxylic acids is 2. The Hall–Kier alpha value is -3.72. The molecule has 1 atom stereocenters. The van der Waals surface area contributed by atoms with E-state index in [4.69, 9.17) is 0 Å². The van der Waals surface area contributed by atoms with E-state index in [1.165, 1.54) is 60.3 Å². The summed E-state index contributed by atoms with van der Waals surface area (Å²) >= 11 is 1.30. The van der Waals surface area contributed by atoms with Crippen molar-refractivity contribution in [2.75, 3.05) is 10.6 Å². The average molecular weight is 439 g/mol. The van der Waals surface area contributed by atoms with Crippen LogP contribution in [0.5, 0.6) is 0 Å². The number of nitro groups is 1. The van der Waals surface area contributed by atoms with Crippen LogP contribution >= 0.6 is 11.8 Å². The van der Waals surface area contributed by atoms with Crippen molar-refractivity contribution >= 4 is 40.6 Å². The molecule has 0 aliphatic rings. The van der Waals surface area contributed by atoms with Crippen molar-refractivity contribution in [1.82, 2.24) is 0 Å². The molecule has 0 heterocycles. The number of nitro benzene ring substituents is 1. The van der Waals surface area contributed by atoms with Gasteiger partial charge in [0.15, 0.2) is 0 Å². The smallest absolute Gasteiger partial charge is 0.269 e. The van der Waals surface area contributed by atoms with Gasteiger partial charge in [-0.05, 0) is 61.5 Å². The van der Waals surface area contributed by atoms with Gasteiger partial charge in [0, 0.05) is 34.0 Å². The highest BCUT2D eigenvalue weighted by molar-refractivity contribution is 8.00. The summed E-state index contributed by atoms with van der Waals surface area (Å²) < 4.78 is 13.0. The van der Waals surface area contributed by atoms with Crippen LogP contribution in [0.4, 0.5) is 21.5 Å². The molecule has 7 nitrogen and oxygen atoms in total. The molecule has 0 aliphatic carbocycles. The van der Waals surface area contributed by atoms with Gasteiger partial charge in [-0.3, -0.25) is 19.7 Å². The summed E-state index contributed by atoms with van der Waals surface area (Å²) in [7, 11) is 0. The number of rotatable bonds is 7. The Balaban J connectivity index is 1.61. The highest BCUT2D eigenvalue weighted by atomic mass is 32.2. The van der Waals surface area contributed by atoms with Crippen molar-refractivity contribution in [3.05, 3.63) is 94.3 Å². The lowest BCUT2D eigenvalue weighted by atomic mass is 10.2. The van der Waals surface area contributed by atoms with Gasteiger partial charge in [0.1, 0.15) is 5.82 Å². The van der Waals surface area contributed by atoms with Crippen LogP contribution in [-0.4, -0.2) is 22.0 Å². The summed E-state index contributed by atoms with van der Waals surface area (Å²) in [5.74, 6) is -1.02. The highest BCUT2D eigenvalue weighted by Gasteiger charge is 2.15. The molecule has 0 spiro atoms. The number of carbonyl (C=O) groups is 2. The standard InChI is InChI=1S/C22H18FN3O4S/c1-14(21(27)24-17-9-7-16(23)8-10-17)31-20-4-2-3-18(13-20)25-22(28)15-5-11-19(12-6-15)26(29)30/h2-14H,1H3,(H,24,27)(H,25,28). The topological polar surface area (TPSA) is 101 Å². The van der Waals surface area contributed by atoms with E-state index in [2.05, 4.69) is 10.6 Å². The predicted octanol–water partition coefficient (Wildman–Crippen LogP) is 5.11. The fraction of sp³-hybridized carbons (Fsp3) is 0.0909. The number of thioether (sulfide) groups is 1. The molecule has 1 unspecified atom stereocenters. The van der Waals surface area contributed by atoms with E-state index < -0.39 is 16.1 Å². The van der Waals surface area contributed by atoms with Crippen LogP contribution in [0.2, 0.25) is 0 Å². The Morgan fingerprint density at radius 3 is 2.29 bits per heavy atom. The second-order valence-corrected chi connectivity index (χ2v) is 7.96. The quantitative estimate of drug-likeness (QED) is 0.303. The zero-order chi connectivity index (χ0) is 22.4. The molecule has 2 N–H and O–H groups in total. The van der Waals surface area contributed by atoms with E-state index in [0.717, 1.165) is 4.90 Å². The Kier molecular flexibility index (Phi) is 6.99. The van der Waals surface area contributed by atoms with E-state index in [1.807, 2.05) is 6.07 Å². The van der Waals surface area contributed by atoms with Crippen LogP contribution < -0.4 is 10.6 Å². The molecule has 3 aromatic rings. The summed E-state index contributed by atoms with van der Waals surface area (Å²) in [6.07, 6.45) is 0. The van der Waals surface area contributed by atoms with Crippen molar-refractivity contribution < 1.29 is 18.9 Å². The maximum Gasteiger partial charge on any atom is 0.269 e. The zero-order valence-corrected chi connectivity index (χ0v) is 17.2. The lowest BCUT2D eigenvalue weighted by molar-refractivity contribution is -0.384. The second-order valence-electron chi connectivity index (χ2n) is 6.54. The maximum atomic E-state index is 13.0. The lowest BCUT2D eigenvalue weighted by Crippen LogP contribution is -2.22. The van der Waals surface area contributed by atoms with E-state index in [0.29, 0.717) is 11.4 Å². The first-order valence-corrected chi connectivity index (χ1v) is 10.1. The minimum Gasteiger partial charge on any atom is -0.325 e. The molecule has 2 amide bonds. The van der Waals surface area contributed by atoms with Gasteiger partial charge in [0.05, 0.1) is 10.2 Å². The Morgan fingerprint density at radius 1 is 0.968 bits per heavy atom. The largest absolute Gasteiger partial charge is 0.325 e.